The van der Waals surface area contributed by atoms with Crippen molar-refractivity contribution in [3.8, 4) is 11.5 Å². The number of carbonyl (C=O) groups is 1. The van der Waals surface area contributed by atoms with Crippen molar-refractivity contribution >= 4 is 5.97 Å². The van der Waals surface area contributed by atoms with E-state index in [1.54, 1.807) is 19.1 Å². The van der Waals surface area contributed by atoms with Crippen molar-refractivity contribution in [3.63, 3.8) is 0 Å². The Kier molecular flexibility index (Phi) is 2.49. The molecule has 1 aliphatic heterocycles. The number of hydrogen-bond acceptors (Lipinski definition) is 3. The second kappa shape index (κ2) is 3.81. The van der Waals surface area contributed by atoms with Gasteiger partial charge < -0.3 is 14.6 Å². The van der Waals surface area contributed by atoms with Gasteiger partial charge in [-0.05, 0) is 19.1 Å². The minimum atomic E-state index is -0.942. The number of fused-ring (bicyclic) bond motifs is 1. The number of carboxylic acids is 1. The predicted molar refractivity (Wildman–Crippen MR) is 53.7 cm³/mol. The maximum Gasteiger partial charge on any atom is 0.336 e. The fourth-order valence-electron chi connectivity index (χ4n) is 1.61. The molecule has 1 heterocycles. The molecule has 1 aromatic rings. The smallest absolute Gasteiger partial charge is 0.336 e. The van der Waals surface area contributed by atoms with Gasteiger partial charge in [0.1, 0.15) is 0 Å². The van der Waals surface area contributed by atoms with E-state index >= 15 is 0 Å². The summed E-state index contributed by atoms with van der Waals surface area (Å²) in [7, 11) is 0. The minimum absolute atomic E-state index is 0.263. The summed E-state index contributed by atoms with van der Waals surface area (Å²) >= 11 is 0. The quantitative estimate of drug-likeness (QED) is 0.765. The number of rotatable bonds is 1. The molecule has 0 aromatic heterocycles. The molecule has 15 heavy (non-hydrogen) atoms. The highest BCUT2D eigenvalue weighted by atomic mass is 16.5. The summed E-state index contributed by atoms with van der Waals surface area (Å²) < 4.78 is 10.9. The first-order valence-corrected chi connectivity index (χ1v) is 4.82. The van der Waals surface area contributed by atoms with Crippen molar-refractivity contribution < 1.29 is 19.4 Å². The van der Waals surface area contributed by atoms with Crippen molar-refractivity contribution in [1.29, 1.82) is 0 Å². The van der Waals surface area contributed by atoms with Crippen LogP contribution in [0.4, 0.5) is 0 Å². The van der Waals surface area contributed by atoms with E-state index in [4.69, 9.17) is 14.6 Å². The molecule has 1 N–H and O–H groups in total. The molecule has 1 aliphatic rings. The van der Waals surface area contributed by atoms with Crippen LogP contribution in [0.25, 0.3) is 0 Å². The SMILES string of the molecule is Cc1c(C(=O)O)ccc2c1OCCCO2. The summed E-state index contributed by atoms with van der Waals surface area (Å²) in [6.45, 7) is 2.91. The molecule has 0 fully saturated rings. The summed E-state index contributed by atoms with van der Waals surface area (Å²) in [5.41, 5.74) is 0.890. The Bertz CT molecular complexity index is 398. The topological polar surface area (TPSA) is 55.8 Å². The summed E-state index contributed by atoms with van der Waals surface area (Å²) in [4.78, 5) is 10.9. The van der Waals surface area contributed by atoms with Gasteiger partial charge in [0.05, 0.1) is 18.8 Å². The maximum atomic E-state index is 10.9. The molecule has 4 heteroatoms. The Morgan fingerprint density at radius 2 is 2.07 bits per heavy atom. The lowest BCUT2D eigenvalue weighted by atomic mass is 10.1. The number of hydrogen-bond donors (Lipinski definition) is 1. The van der Waals surface area contributed by atoms with E-state index in [9.17, 15) is 4.79 Å². The summed E-state index contributed by atoms with van der Waals surface area (Å²) in [5, 5.41) is 8.94. The molecule has 0 bridgehead atoms. The van der Waals surface area contributed by atoms with Gasteiger partial charge in [0.25, 0.3) is 0 Å². The third kappa shape index (κ3) is 1.75. The zero-order chi connectivity index (χ0) is 10.8. The van der Waals surface area contributed by atoms with E-state index in [0.717, 1.165) is 6.42 Å². The van der Waals surface area contributed by atoms with E-state index in [-0.39, 0.29) is 5.56 Å². The molecule has 0 unspecified atom stereocenters. The molecular formula is C11H12O4. The van der Waals surface area contributed by atoms with E-state index in [1.807, 2.05) is 0 Å². The average molecular weight is 208 g/mol. The number of aromatic carboxylic acids is 1. The first kappa shape index (κ1) is 9.83. The summed E-state index contributed by atoms with van der Waals surface area (Å²) in [5.74, 6) is 0.255. The zero-order valence-corrected chi connectivity index (χ0v) is 8.45. The highest BCUT2D eigenvalue weighted by Crippen LogP contribution is 2.34. The van der Waals surface area contributed by atoms with Gasteiger partial charge in [0.2, 0.25) is 0 Å². The lowest BCUT2D eigenvalue weighted by Gasteiger charge is -2.11. The van der Waals surface area contributed by atoms with Crippen molar-refractivity contribution in [3.05, 3.63) is 23.3 Å². The molecule has 0 atom stereocenters. The molecule has 0 saturated carbocycles. The van der Waals surface area contributed by atoms with Crippen LogP contribution in [-0.2, 0) is 0 Å². The minimum Gasteiger partial charge on any atom is -0.490 e. The highest BCUT2D eigenvalue weighted by molar-refractivity contribution is 5.90. The van der Waals surface area contributed by atoms with Gasteiger partial charge in [0, 0.05) is 12.0 Å². The lowest BCUT2D eigenvalue weighted by Crippen LogP contribution is -2.03. The Hall–Kier alpha value is -1.71. The standard InChI is InChI=1S/C11H12O4/c1-7-8(11(12)13)3-4-9-10(7)15-6-2-5-14-9/h3-4H,2,5-6H2,1H3,(H,12,13). The number of ether oxygens (including phenoxy) is 2. The fourth-order valence-corrected chi connectivity index (χ4v) is 1.61. The third-order valence-corrected chi connectivity index (χ3v) is 2.39. The molecular weight excluding hydrogens is 196 g/mol. The van der Waals surface area contributed by atoms with Crippen molar-refractivity contribution in [2.75, 3.05) is 13.2 Å². The molecule has 1 aromatic carbocycles. The molecule has 2 rings (SSSR count). The second-order valence-corrected chi connectivity index (χ2v) is 3.42. The number of carboxylic acid groups (broad SMARTS) is 1. The summed E-state index contributed by atoms with van der Waals surface area (Å²) in [6, 6.07) is 3.20. The van der Waals surface area contributed by atoms with Crippen LogP contribution in [0.5, 0.6) is 11.5 Å². The summed E-state index contributed by atoms with van der Waals surface area (Å²) in [6.07, 6.45) is 0.816. The van der Waals surface area contributed by atoms with Crippen molar-refractivity contribution in [2.45, 2.75) is 13.3 Å². The van der Waals surface area contributed by atoms with Crippen LogP contribution >= 0.6 is 0 Å². The van der Waals surface area contributed by atoms with Crippen LogP contribution in [0.2, 0.25) is 0 Å². The van der Waals surface area contributed by atoms with E-state index in [0.29, 0.717) is 30.3 Å². The highest BCUT2D eigenvalue weighted by Gasteiger charge is 2.18. The van der Waals surface area contributed by atoms with Crippen LogP contribution in [0.3, 0.4) is 0 Å². The first-order valence-electron chi connectivity index (χ1n) is 4.82. The van der Waals surface area contributed by atoms with Crippen LogP contribution in [0.1, 0.15) is 22.3 Å². The van der Waals surface area contributed by atoms with Crippen LogP contribution in [-0.4, -0.2) is 24.3 Å². The normalized spacial score (nSPS) is 14.5. The van der Waals surface area contributed by atoms with Crippen LogP contribution in [0.15, 0.2) is 12.1 Å². The van der Waals surface area contributed by atoms with Crippen LogP contribution < -0.4 is 9.47 Å². The Morgan fingerprint density at radius 3 is 2.80 bits per heavy atom. The Morgan fingerprint density at radius 1 is 1.33 bits per heavy atom. The van der Waals surface area contributed by atoms with Crippen LogP contribution in [0, 0.1) is 6.92 Å². The Balaban J connectivity index is 2.50. The van der Waals surface area contributed by atoms with Gasteiger partial charge in [-0.15, -0.1) is 0 Å². The largest absolute Gasteiger partial charge is 0.490 e. The lowest BCUT2D eigenvalue weighted by molar-refractivity contribution is 0.0695. The van der Waals surface area contributed by atoms with Gasteiger partial charge in [-0.25, -0.2) is 4.79 Å². The molecule has 0 saturated heterocycles. The molecule has 0 aliphatic carbocycles. The van der Waals surface area contributed by atoms with E-state index in [1.165, 1.54) is 0 Å². The molecule has 80 valence electrons. The fraction of sp³-hybridized carbons (Fsp3) is 0.364. The predicted octanol–water partition coefficient (Wildman–Crippen LogP) is 1.85. The third-order valence-electron chi connectivity index (χ3n) is 2.39. The second-order valence-electron chi connectivity index (χ2n) is 3.42. The Labute approximate surface area is 87.4 Å². The average Bonchev–Trinajstić information content (AvgIpc) is 2.43. The maximum absolute atomic E-state index is 10.9. The van der Waals surface area contributed by atoms with Crippen molar-refractivity contribution in [2.24, 2.45) is 0 Å². The zero-order valence-electron chi connectivity index (χ0n) is 8.45. The molecule has 0 radical (unpaired) electrons. The van der Waals surface area contributed by atoms with Gasteiger partial charge >= 0.3 is 5.97 Å². The molecule has 0 spiro atoms. The van der Waals surface area contributed by atoms with Crippen molar-refractivity contribution in [1.82, 2.24) is 0 Å². The van der Waals surface area contributed by atoms with Gasteiger partial charge in [0.15, 0.2) is 11.5 Å². The van der Waals surface area contributed by atoms with Gasteiger partial charge in [-0.3, -0.25) is 0 Å². The van der Waals surface area contributed by atoms with E-state index in [2.05, 4.69) is 0 Å². The van der Waals surface area contributed by atoms with Gasteiger partial charge in [-0.2, -0.15) is 0 Å². The molecule has 0 amide bonds. The molecule has 4 nitrogen and oxygen atoms in total. The van der Waals surface area contributed by atoms with E-state index < -0.39 is 5.97 Å². The first-order chi connectivity index (χ1) is 7.20. The van der Waals surface area contributed by atoms with Gasteiger partial charge in [-0.1, -0.05) is 0 Å². The number of benzene rings is 1. The monoisotopic (exact) mass is 208 g/mol.